The second-order valence-electron chi connectivity index (χ2n) is 2.18. The Balaban J connectivity index is 0. The molecule has 7 heteroatoms. The first-order valence-corrected chi connectivity index (χ1v) is 3.29. The number of aliphatic hydroxyl groups excluding tert-OH is 1. The Bertz CT molecular complexity index is 158. The smallest absolute Gasteiger partial charge is 0.549 e. The normalized spacial score (nSPS) is 9.38. The molecule has 0 aliphatic carbocycles. The van der Waals surface area contributed by atoms with Crippen molar-refractivity contribution in [3.8, 4) is 0 Å². The van der Waals surface area contributed by atoms with Gasteiger partial charge in [0.25, 0.3) is 0 Å². The van der Waals surface area contributed by atoms with E-state index < -0.39 is 25.0 Å². The summed E-state index contributed by atoms with van der Waals surface area (Å²) >= 11 is 0. The zero-order chi connectivity index (χ0) is 9.56. The van der Waals surface area contributed by atoms with Gasteiger partial charge < -0.3 is 24.9 Å². The van der Waals surface area contributed by atoms with E-state index in [0.29, 0.717) is 0 Å². The molecule has 0 aliphatic heterocycles. The van der Waals surface area contributed by atoms with Crippen LogP contribution in [0, 0.1) is 0 Å². The minimum atomic E-state index is -1.38. The Morgan fingerprint density at radius 3 is 1.77 bits per heavy atom. The molecule has 0 aliphatic rings. The molecule has 0 unspecified atom stereocenters. The number of nitrogens with zero attached hydrogens (tertiary/aromatic N) is 1. The standard InChI is InChI=1S/C6H11NO5.Mn/c8-2-1-7(3-5(9)10)4-6(11)12;/h8H,1-4H2,(H,9,10)(H,11,12);/q;+2/p-2. The van der Waals surface area contributed by atoms with Crippen LogP contribution in [0.15, 0.2) is 0 Å². The predicted octanol–water partition coefficient (Wildman–Crippen LogP) is -4.22. The van der Waals surface area contributed by atoms with Crippen LogP contribution in [0.1, 0.15) is 0 Å². The van der Waals surface area contributed by atoms with E-state index in [1.54, 1.807) is 0 Å². The third-order valence-electron chi connectivity index (χ3n) is 1.12. The van der Waals surface area contributed by atoms with Crippen molar-refractivity contribution in [2.75, 3.05) is 26.2 Å². The Morgan fingerprint density at radius 1 is 1.15 bits per heavy atom. The summed E-state index contributed by atoms with van der Waals surface area (Å²) in [5.41, 5.74) is 0. The molecule has 0 bridgehead atoms. The van der Waals surface area contributed by atoms with Crippen LogP contribution in [-0.4, -0.2) is 48.2 Å². The molecule has 1 radical (unpaired) electrons. The van der Waals surface area contributed by atoms with E-state index in [-0.39, 0.29) is 30.2 Å². The molecule has 0 saturated carbocycles. The van der Waals surface area contributed by atoms with Crippen LogP contribution in [-0.2, 0) is 26.7 Å². The quantitative estimate of drug-likeness (QED) is 0.464. The van der Waals surface area contributed by atoms with Gasteiger partial charge in [-0.1, -0.05) is 0 Å². The van der Waals surface area contributed by atoms with E-state index in [1.807, 2.05) is 0 Å². The van der Waals surface area contributed by atoms with Crippen LogP contribution in [0.3, 0.4) is 0 Å². The molecule has 0 amide bonds. The number of carbonyl (C=O) groups is 2. The van der Waals surface area contributed by atoms with Gasteiger partial charge in [0.1, 0.15) is 0 Å². The number of carboxylic acid groups (broad SMARTS) is 2. The first kappa shape index (κ1) is 14.9. The molecule has 6 nitrogen and oxygen atoms in total. The largest absolute Gasteiger partial charge is 2.00 e. The number of aliphatic carboxylic acids is 2. The Labute approximate surface area is 85.6 Å². The molecule has 0 atom stereocenters. The van der Waals surface area contributed by atoms with Crippen LogP contribution in [0.4, 0.5) is 0 Å². The van der Waals surface area contributed by atoms with E-state index >= 15 is 0 Å². The molecule has 0 spiro atoms. The summed E-state index contributed by atoms with van der Waals surface area (Å²) in [6, 6.07) is 0. The maximum atomic E-state index is 10.0. The fourth-order valence-corrected chi connectivity index (χ4v) is 0.721. The molecule has 0 fully saturated rings. The predicted molar refractivity (Wildman–Crippen MR) is 33.5 cm³/mol. The van der Waals surface area contributed by atoms with Gasteiger partial charge in [-0.2, -0.15) is 0 Å². The number of carbonyl (C=O) groups excluding carboxylic acids is 2. The molecule has 0 saturated heterocycles. The Kier molecular flexibility index (Phi) is 9.16. The summed E-state index contributed by atoms with van der Waals surface area (Å²) in [4.78, 5) is 21.0. The molecular weight excluding hydrogens is 221 g/mol. The van der Waals surface area contributed by atoms with Crippen LogP contribution in [0.5, 0.6) is 0 Å². The molecule has 0 heterocycles. The van der Waals surface area contributed by atoms with Crippen molar-refractivity contribution in [2.45, 2.75) is 0 Å². The van der Waals surface area contributed by atoms with Crippen LogP contribution in [0.25, 0.3) is 0 Å². The fraction of sp³-hybridized carbons (Fsp3) is 0.667. The summed E-state index contributed by atoms with van der Waals surface area (Å²) in [5.74, 6) is -2.77. The molecular formula is C6H9MnNO5. The number of aliphatic hydroxyl groups is 1. The van der Waals surface area contributed by atoms with E-state index in [1.165, 1.54) is 0 Å². The molecule has 0 rings (SSSR count). The zero-order valence-electron chi connectivity index (χ0n) is 6.73. The summed E-state index contributed by atoms with van der Waals surface area (Å²) in [6.45, 7) is -1.37. The second-order valence-corrected chi connectivity index (χ2v) is 2.18. The van der Waals surface area contributed by atoms with Gasteiger partial charge in [-0.25, -0.2) is 0 Å². The maximum absolute atomic E-state index is 10.0. The molecule has 13 heavy (non-hydrogen) atoms. The van der Waals surface area contributed by atoms with Crippen molar-refractivity contribution in [1.82, 2.24) is 4.90 Å². The monoisotopic (exact) mass is 230 g/mol. The van der Waals surface area contributed by atoms with E-state index in [9.17, 15) is 19.8 Å². The SMILES string of the molecule is O=C([O-])CN(CCO)CC(=O)[O-].[Mn+2]. The number of hydrogen-bond acceptors (Lipinski definition) is 6. The summed E-state index contributed by atoms with van der Waals surface area (Å²) in [6.07, 6.45) is 0. The van der Waals surface area contributed by atoms with Gasteiger partial charge in [0, 0.05) is 19.6 Å². The van der Waals surface area contributed by atoms with Crippen LogP contribution >= 0.6 is 0 Å². The van der Waals surface area contributed by atoms with Gasteiger partial charge in [0.05, 0.1) is 18.5 Å². The van der Waals surface area contributed by atoms with Crippen molar-refractivity contribution < 1.29 is 42.0 Å². The van der Waals surface area contributed by atoms with Crippen molar-refractivity contribution in [1.29, 1.82) is 0 Å². The van der Waals surface area contributed by atoms with Gasteiger partial charge in [-0.3, -0.25) is 4.90 Å². The summed E-state index contributed by atoms with van der Waals surface area (Å²) in [7, 11) is 0. The summed E-state index contributed by atoms with van der Waals surface area (Å²) in [5, 5.41) is 28.4. The average Bonchev–Trinajstić information content (AvgIpc) is 1.84. The molecule has 75 valence electrons. The number of hydrogen-bond donors (Lipinski definition) is 1. The molecule has 1 N–H and O–H groups in total. The van der Waals surface area contributed by atoms with Crippen molar-refractivity contribution in [3.63, 3.8) is 0 Å². The fourth-order valence-electron chi connectivity index (χ4n) is 0.721. The molecule has 0 aromatic carbocycles. The van der Waals surface area contributed by atoms with Crippen molar-refractivity contribution in [3.05, 3.63) is 0 Å². The first-order chi connectivity index (χ1) is 5.56. The van der Waals surface area contributed by atoms with Gasteiger partial charge >= 0.3 is 17.1 Å². The number of rotatable bonds is 6. The second kappa shape index (κ2) is 8.00. The van der Waals surface area contributed by atoms with E-state index in [2.05, 4.69) is 0 Å². The van der Waals surface area contributed by atoms with Gasteiger partial charge in [0.2, 0.25) is 0 Å². The minimum absolute atomic E-state index is 0. The number of carboxylic acids is 2. The Morgan fingerprint density at radius 2 is 1.54 bits per heavy atom. The third-order valence-corrected chi connectivity index (χ3v) is 1.12. The zero-order valence-corrected chi connectivity index (χ0v) is 7.91. The van der Waals surface area contributed by atoms with Gasteiger partial charge in [-0.05, 0) is 0 Å². The van der Waals surface area contributed by atoms with Crippen LogP contribution in [0.2, 0.25) is 0 Å². The van der Waals surface area contributed by atoms with Gasteiger partial charge in [-0.15, -0.1) is 0 Å². The third kappa shape index (κ3) is 9.29. The Hall–Kier alpha value is -0.621. The minimum Gasteiger partial charge on any atom is -0.549 e. The first-order valence-electron chi connectivity index (χ1n) is 3.29. The van der Waals surface area contributed by atoms with E-state index in [4.69, 9.17) is 5.11 Å². The molecule has 0 aromatic heterocycles. The molecule has 0 aromatic rings. The van der Waals surface area contributed by atoms with Crippen molar-refractivity contribution in [2.24, 2.45) is 0 Å². The maximum Gasteiger partial charge on any atom is 2.00 e. The summed E-state index contributed by atoms with van der Waals surface area (Å²) < 4.78 is 0. The van der Waals surface area contributed by atoms with Crippen molar-refractivity contribution >= 4 is 11.9 Å². The average molecular weight is 230 g/mol. The topological polar surface area (TPSA) is 104 Å². The van der Waals surface area contributed by atoms with Gasteiger partial charge in [0.15, 0.2) is 0 Å². The van der Waals surface area contributed by atoms with Crippen LogP contribution < -0.4 is 10.2 Å². The van der Waals surface area contributed by atoms with E-state index in [0.717, 1.165) is 4.90 Å².